The Bertz CT molecular complexity index is 1430. The molecule has 3 aromatic carbocycles. The van der Waals surface area contributed by atoms with Crippen LogP contribution in [0.15, 0.2) is 101 Å². The first-order chi connectivity index (χ1) is 14.8. The summed E-state index contributed by atoms with van der Waals surface area (Å²) in [6.07, 6.45) is 1.35. The van der Waals surface area contributed by atoms with Gasteiger partial charge in [-0.25, -0.2) is 8.42 Å². The first kappa shape index (κ1) is 20.8. The second kappa shape index (κ2) is 8.01. The lowest BCUT2D eigenvalue weighted by Crippen LogP contribution is -2.15. The van der Waals surface area contributed by atoms with Gasteiger partial charge in [-0.05, 0) is 48.9 Å². The molecule has 31 heavy (non-hydrogen) atoms. The highest BCUT2D eigenvalue weighted by Gasteiger charge is 2.21. The zero-order valence-electron chi connectivity index (χ0n) is 16.5. The number of nitrogens with one attached hydrogen (secondary N) is 1. The number of anilines is 1. The van der Waals surface area contributed by atoms with Crippen LogP contribution in [0.25, 0.3) is 11.3 Å². The predicted octanol–water partition coefficient (Wildman–Crippen LogP) is 3.90. The zero-order chi connectivity index (χ0) is 22.1. The summed E-state index contributed by atoms with van der Waals surface area (Å²) in [6, 6.07) is 22.7. The second-order valence-corrected chi connectivity index (χ2v) is 10.3. The third-order valence-corrected chi connectivity index (χ3v) is 7.63. The molecular formula is C22H19N3O4S2. The van der Waals surface area contributed by atoms with Gasteiger partial charge >= 0.3 is 0 Å². The Balaban J connectivity index is 1.76. The molecule has 0 aliphatic carbocycles. The summed E-state index contributed by atoms with van der Waals surface area (Å²) in [7, 11) is -7.69. The molecule has 4 rings (SSSR count). The fourth-order valence-electron chi connectivity index (χ4n) is 3.17. The molecule has 0 saturated carbocycles. The SMILES string of the molecule is Cc1cccc(NS(=O)(=O)c2ccccc2)c1-c1ccn(S(=O)(=O)c2ccccc2)n1. The fourth-order valence-corrected chi connectivity index (χ4v) is 5.40. The van der Waals surface area contributed by atoms with E-state index in [1.165, 1.54) is 30.5 Å². The summed E-state index contributed by atoms with van der Waals surface area (Å²) >= 11 is 0. The summed E-state index contributed by atoms with van der Waals surface area (Å²) in [6.45, 7) is 1.81. The summed E-state index contributed by atoms with van der Waals surface area (Å²) in [5, 5.41) is 4.25. The summed E-state index contributed by atoms with van der Waals surface area (Å²) < 4.78 is 54.8. The van der Waals surface area contributed by atoms with Gasteiger partial charge in [-0.3, -0.25) is 4.72 Å². The van der Waals surface area contributed by atoms with Crippen LogP contribution in [0.2, 0.25) is 0 Å². The van der Waals surface area contributed by atoms with Gasteiger partial charge in [-0.1, -0.05) is 48.5 Å². The number of hydrogen-bond acceptors (Lipinski definition) is 5. The lowest BCUT2D eigenvalue weighted by molar-refractivity contribution is 0.580. The van der Waals surface area contributed by atoms with Crippen molar-refractivity contribution < 1.29 is 16.8 Å². The van der Waals surface area contributed by atoms with Crippen LogP contribution in [0.5, 0.6) is 0 Å². The maximum Gasteiger partial charge on any atom is 0.282 e. The molecule has 0 saturated heterocycles. The van der Waals surface area contributed by atoms with Gasteiger partial charge in [0.15, 0.2) is 0 Å². The molecule has 0 spiro atoms. The number of benzene rings is 3. The van der Waals surface area contributed by atoms with Crippen LogP contribution in [0.1, 0.15) is 5.56 Å². The molecule has 0 aliphatic rings. The second-order valence-electron chi connectivity index (χ2n) is 6.81. The number of sulfonamides is 1. The molecule has 0 amide bonds. The Morgan fingerprint density at radius 1 is 0.742 bits per heavy atom. The van der Waals surface area contributed by atoms with Crippen molar-refractivity contribution in [2.75, 3.05) is 4.72 Å². The van der Waals surface area contributed by atoms with Gasteiger partial charge in [0.2, 0.25) is 0 Å². The summed E-state index contributed by atoms with van der Waals surface area (Å²) in [5.74, 6) is 0. The van der Waals surface area contributed by atoms with E-state index in [9.17, 15) is 16.8 Å². The minimum Gasteiger partial charge on any atom is -0.279 e. The van der Waals surface area contributed by atoms with Crippen molar-refractivity contribution in [3.05, 3.63) is 96.7 Å². The van der Waals surface area contributed by atoms with Gasteiger partial charge in [0.1, 0.15) is 0 Å². The normalized spacial score (nSPS) is 11.9. The van der Waals surface area contributed by atoms with E-state index < -0.39 is 20.0 Å². The van der Waals surface area contributed by atoms with Crippen molar-refractivity contribution in [3.8, 4) is 11.3 Å². The number of rotatable bonds is 6. The maximum absolute atomic E-state index is 12.9. The molecule has 1 aromatic heterocycles. The van der Waals surface area contributed by atoms with Crippen LogP contribution in [-0.2, 0) is 20.0 Å². The highest BCUT2D eigenvalue weighted by Crippen LogP contribution is 2.32. The minimum atomic E-state index is -3.86. The molecule has 0 radical (unpaired) electrons. The average Bonchev–Trinajstić information content (AvgIpc) is 3.25. The molecule has 1 N–H and O–H groups in total. The topological polar surface area (TPSA) is 98.1 Å². The highest BCUT2D eigenvalue weighted by atomic mass is 32.2. The number of nitrogens with zero attached hydrogens (tertiary/aromatic N) is 2. The Morgan fingerprint density at radius 2 is 1.35 bits per heavy atom. The van der Waals surface area contributed by atoms with E-state index in [-0.39, 0.29) is 9.79 Å². The van der Waals surface area contributed by atoms with Crippen LogP contribution < -0.4 is 4.72 Å². The average molecular weight is 454 g/mol. The van der Waals surface area contributed by atoms with E-state index in [1.54, 1.807) is 67.6 Å². The molecule has 9 heteroatoms. The zero-order valence-corrected chi connectivity index (χ0v) is 18.1. The van der Waals surface area contributed by atoms with E-state index in [1.807, 2.05) is 0 Å². The van der Waals surface area contributed by atoms with Gasteiger partial charge in [0.05, 0.1) is 21.2 Å². The van der Waals surface area contributed by atoms with E-state index >= 15 is 0 Å². The maximum atomic E-state index is 12.9. The van der Waals surface area contributed by atoms with Crippen LogP contribution in [-0.4, -0.2) is 26.0 Å². The van der Waals surface area contributed by atoms with Gasteiger partial charge in [0.25, 0.3) is 20.0 Å². The monoisotopic (exact) mass is 453 g/mol. The van der Waals surface area contributed by atoms with Crippen LogP contribution in [0.3, 0.4) is 0 Å². The number of aromatic nitrogens is 2. The van der Waals surface area contributed by atoms with Crippen molar-refractivity contribution in [2.45, 2.75) is 16.7 Å². The standard InChI is InChI=1S/C22H19N3O4S2/c1-17-9-8-14-21(24-30(26,27)18-10-4-2-5-11-18)22(17)20-15-16-25(23-20)31(28,29)19-12-6-3-7-13-19/h2-16,24H,1H3. The van der Waals surface area contributed by atoms with Crippen molar-refractivity contribution >= 4 is 25.7 Å². The van der Waals surface area contributed by atoms with Gasteiger partial charge < -0.3 is 0 Å². The van der Waals surface area contributed by atoms with Crippen molar-refractivity contribution in [1.29, 1.82) is 0 Å². The molecule has 4 aromatic rings. The first-order valence-corrected chi connectivity index (χ1v) is 12.3. The Morgan fingerprint density at radius 3 is 2.00 bits per heavy atom. The van der Waals surface area contributed by atoms with Crippen molar-refractivity contribution in [2.24, 2.45) is 0 Å². The van der Waals surface area contributed by atoms with E-state index in [4.69, 9.17) is 0 Å². The molecule has 0 atom stereocenters. The third kappa shape index (κ3) is 4.10. The summed E-state index contributed by atoms with van der Waals surface area (Å²) in [4.78, 5) is 0.235. The van der Waals surface area contributed by atoms with Crippen molar-refractivity contribution in [3.63, 3.8) is 0 Å². The molecule has 7 nitrogen and oxygen atoms in total. The smallest absolute Gasteiger partial charge is 0.279 e. The fraction of sp³-hybridized carbons (Fsp3) is 0.0455. The predicted molar refractivity (Wildman–Crippen MR) is 119 cm³/mol. The molecule has 1 heterocycles. The van der Waals surface area contributed by atoms with Gasteiger partial charge in [-0.15, -0.1) is 0 Å². The molecule has 0 fully saturated rings. The number of hydrogen-bond donors (Lipinski definition) is 1. The molecule has 0 bridgehead atoms. The highest BCUT2D eigenvalue weighted by molar-refractivity contribution is 7.92. The van der Waals surface area contributed by atoms with Gasteiger partial charge in [0, 0.05) is 11.8 Å². The molecular weight excluding hydrogens is 434 g/mol. The lowest BCUT2D eigenvalue weighted by atomic mass is 10.0. The lowest BCUT2D eigenvalue weighted by Gasteiger charge is -2.13. The van der Waals surface area contributed by atoms with Crippen LogP contribution in [0, 0.1) is 6.92 Å². The van der Waals surface area contributed by atoms with E-state index in [0.717, 1.165) is 9.65 Å². The molecule has 0 aliphatic heterocycles. The van der Waals surface area contributed by atoms with E-state index in [2.05, 4.69) is 9.82 Å². The quantitative estimate of drug-likeness (QED) is 0.478. The molecule has 0 unspecified atom stereocenters. The Labute approximate surface area is 181 Å². The third-order valence-electron chi connectivity index (χ3n) is 4.68. The first-order valence-electron chi connectivity index (χ1n) is 9.33. The van der Waals surface area contributed by atoms with Crippen LogP contribution in [0.4, 0.5) is 5.69 Å². The summed E-state index contributed by atoms with van der Waals surface area (Å²) in [5.41, 5.74) is 1.90. The van der Waals surface area contributed by atoms with Crippen LogP contribution >= 0.6 is 0 Å². The van der Waals surface area contributed by atoms with Crippen molar-refractivity contribution in [1.82, 2.24) is 9.19 Å². The Hall–Kier alpha value is -3.43. The number of aryl methyl sites for hydroxylation is 1. The molecule has 158 valence electrons. The Kier molecular flexibility index (Phi) is 5.38. The largest absolute Gasteiger partial charge is 0.282 e. The van der Waals surface area contributed by atoms with Gasteiger partial charge in [-0.2, -0.15) is 17.6 Å². The minimum absolute atomic E-state index is 0.111. The van der Waals surface area contributed by atoms with E-state index in [0.29, 0.717) is 16.9 Å².